The fraction of sp³-hybridized carbons (Fsp3) is 0.286. The number of rotatable bonds is 1. The summed E-state index contributed by atoms with van der Waals surface area (Å²) in [6.45, 7) is 1.88. The van der Waals surface area contributed by atoms with Gasteiger partial charge >= 0.3 is 0 Å². The highest BCUT2D eigenvalue weighted by Gasteiger charge is 1.93. The first kappa shape index (κ1) is 7.28. The highest BCUT2D eigenvalue weighted by molar-refractivity contribution is 7.13. The Morgan fingerprint density at radius 2 is 2.20 bits per heavy atom. The minimum absolute atomic E-state index is 0.00750. The molecule has 0 fully saturated rings. The molecule has 0 saturated carbocycles. The summed E-state index contributed by atoms with van der Waals surface area (Å²) in [5.74, 6) is 0. The second kappa shape index (κ2) is 2.84. The Kier molecular flexibility index (Phi) is 2.06. The predicted molar refractivity (Wildman–Crippen MR) is 41.9 cm³/mol. The lowest BCUT2D eigenvalue weighted by molar-refractivity contribution is 0.426. The van der Waals surface area contributed by atoms with Crippen LogP contribution in [0.5, 0.6) is 5.06 Å². The molecule has 54 valence electrons. The molecule has 0 radical (unpaired) electrons. The normalized spacial score (nSPS) is 9.40. The molecule has 0 unspecified atom stereocenters. The standard InChI is InChI=1S/C7H8O2S/c1-5-3-6(8)4-7(9-2)10-5/h3-4H,1-2H3. The molecule has 1 rings (SSSR count). The molecule has 1 heterocycles. The molecule has 0 aromatic carbocycles. The predicted octanol–water partition coefficient (Wildman–Crippen LogP) is 1.43. The van der Waals surface area contributed by atoms with E-state index in [9.17, 15) is 4.79 Å². The molecule has 2 nitrogen and oxygen atoms in total. The van der Waals surface area contributed by atoms with Gasteiger partial charge in [-0.3, -0.25) is 4.79 Å². The van der Waals surface area contributed by atoms with E-state index in [0.717, 1.165) is 4.88 Å². The quantitative estimate of drug-likeness (QED) is 0.614. The summed E-state index contributed by atoms with van der Waals surface area (Å²) >= 11 is 1.47. The average Bonchev–Trinajstić information content (AvgIpc) is 1.85. The van der Waals surface area contributed by atoms with E-state index in [1.54, 1.807) is 13.2 Å². The molecular weight excluding hydrogens is 148 g/mol. The van der Waals surface area contributed by atoms with Gasteiger partial charge in [-0.05, 0) is 13.0 Å². The summed E-state index contributed by atoms with van der Waals surface area (Å²) in [5.41, 5.74) is 0.00750. The fourth-order valence-electron chi connectivity index (χ4n) is 0.676. The van der Waals surface area contributed by atoms with Crippen LogP contribution in [0.2, 0.25) is 0 Å². The van der Waals surface area contributed by atoms with Crippen molar-refractivity contribution in [1.82, 2.24) is 0 Å². The van der Waals surface area contributed by atoms with Gasteiger partial charge in [0.05, 0.1) is 7.11 Å². The van der Waals surface area contributed by atoms with E-state index in [0.29, 0.717) is 5.06 Å². The number of ether oxygens (including phenoxy) is 1. The Hall–Kier alpha value is -0.830. The molecule has 10 heavy (non-hydrogen) atoms. The lowest BCUT2D eigenvalue weighted by Gasteiger charge is -1.96. The molecular formula is C7H8O2S. The number of hydrogen-bond acceptors (Lipinski definition) is 3. The largest absolute Gasteiger partial charge is 0.487 e. The maximum Gasteiger partial charge on any atom is 0.184 e. The van der Waals surface area contributed by atoms with Crippen molar-refractivity contribution in [1.29, 1.82) is 0 Å². The average molecular weight is 156 g/mol. The van der Waals surface area contributed by atoms with Crippen LogP contribution >= 0.6 is 11.3 Å². The molecule has 0 aliphatic heterocycles. The van der Waals surface area contributed by atoms with Gasteiger partial charge in [-0.1, -0.05) is 0 Å². The Morgan fingerprint density at radius 3 is 2.70 bits per heavy atom. The molecule has 1 aromatic heterocycles. The van der Waals surface area contributed by atoms with Crippen LogP contribution in [0.1, 0.15) is 4.88 Å². The maximum atomic E-state index is 10.8. The van der Waals surface area contributed by atoms with Crippen LogP contribution in [0.3, 0.4) is 0 Å². The first-order chi connectivity index (χ1) is 4.72. The van der Waals surface area contributed by atoms with Gasteiger partial charge in [0.15, 0.2) is 10.5 Å². The van der Waals surface area contributed by atoms with Crippen LogP contribution in [0, 0.1) is 6.92 Å². The smallest absolute Gasteiger partial charge is 0.184 e. The molecule has 0 N–H and O–H groups in total. The molecule has 0 atom stereocenters. The van der Waals surface area contributed by atoms with Crippen molar-refractivity contribution in [2.45, 2.75) is 6.92 Å². The van der Waals surface area contributed by atoms with E-state index >= 15 is 0 Å². The van der Waals surface area contributed by atoms with Crippen molar-refractivity contribution in [2.24, 2.45) is 0 Å². The van der Waals surface area contributed by atoms with Gasteiger partial charge < -0.3 is 4.74 Å². The Labute approximate surface area is 63.1 Å². The molecule has 0 saturated heterocycles. The van der Waals surface area contributed by atoms with Crippen molar-refractivity contribution >= 4 is 11.3 Å². The number of hydrogen-bond donors (Lipinski definition) is 0. The monoisotopic (exact) mass is 156 g/mol. The zero-order valence-corrected chi connectivity index (χ0v) is 6.70. The van der Waals surface area contributed by atoms with Gasteiger partial charge in [0.25, 0.3) is 0 Å². The van der Waals surface area contributed by atoms with Crippen molar-refractivity contribution in [3.63, 3.8) is 0 Å². The van der Waals surface area contributed by atoms with Crippen molar-refractivity contribution in [2.75, 3.05) is 7.11 Å². The summed E-state index contributed by atoms with van der Waals surface area (Å²) in [6, 6.07) is 3.07. The van der Waals surface area contributed by atoms with Gasteiger partial charge in [-0.15, -0.1) is 11.3 Å². The van der Waals surface area contributed by atoms with Crippen molar-refractivity contribution in [3.8, 4) is 5.06 Å². The lowest BCUT2D eigenvalue weighted by atomic mass is 10.4. The topological polar surface area (TPSA) is 26.3 Å². The van der Waals surface area contributed by atoms with Gasteiger partial charge in [0.2, 0.25) is 0 Å². The highest BCUT2D eigenvalue weighted by Crippen LogP contribution is 2.16. The highest BCUT2D eigenvalue weighted by atomic mass is 32.1. The zero-order valence-electron chi connectivity index (χ0n) is 5.88. The first-order valence-electron chi connectivity index (χ1n) is 2.88. The van der Waals surface area contributed by atoms with Crippen molar-refractivity contribution in [3.05, 3.63) is 27.2 Å². The van der Waals surface area contributed by atoms with Crippen LogP contribution in [0.25, 0.3) is 0 Å². The second-order valence-electron chi connectivity index (χ2n) is 1.93. The van der Waals surface area contributed by atoms with Crippen LogP contribution in [0.4, 0.5) is 0 Å². The third-order valence-electron chi connectivity index (χ3n) is 1.07. The molecule has 0 bridgehead atoms. The zero-order chi connectivity index (χ0) is 7.56. The summed E-state index contributed by atoms with van der Waals surface area (Å²) in [7, 11) is 1.56. The lowest BCUT2D eigenvalue weighted by Crippen LogP contribution is -1.96. The van der Waals surface area contributed by atoms with E-state index in [1.807, 2.05) is 6.92 Å². The summed E-state index contributed by atoms with van der Waals surface area (Å²) < 4.78 is 4.89. The van der Waals surface area contributed by atoms with Gasteiger partial charge in [-0.25, -0.2) is 0 Å². The molecule has 0 aliphatic rings. The minimum atomic E-state index is 0.00750. The van der Waals surface area contributed by atoms with Crippen LogP contribution in [-0.2, 0) is 0 Å². The van der Waals surface area contributed by atoms with Gasteiger partial charge in [-0.2, -0.15) is 0 Å². The molecule has 0 aliphatic carbocycles. The second-order valence-corrected chi connectivity index (χ2v) is 3.18. The minimum Gasteiger partial charge on any atom is -0.487 e. The van der Waals surface area contributed by atoms with E-state index in [4.69, 9.17) is 4.74 Å². The maximum absolute atomic E-state index is 10.8. The molecule has 0 spiro atoms. The first-order valence-corrected chi connectivity index (χ1v) is 3.70. The molecule has 0 amide bonds. The van der Waals surface area contributed by atoms with E-state index in [-0.39, 0.29) is 5.43 Å². The summed E-state index contributed by atoms with van der Waals surface area (Å²) in [4.78, 5) is 11.8. The SMILES string of the molecule is COc1cc(=O)cc(C)s1. The van der Waals surface area contributed by atoms with E-state index < -0.39 is 0 Å². The summed E-state index contributed by atoms with van der Waals surface area (Å²) in [6.07, 6.45) is 0. The van der Waals surface area contributed by atoms with Gasteiger partial charge in [0.1, 0.15) is 0 Å². The Morgan fingerprint density at radius 1 is 1.50 bits per heavy atom. The molecule has 3 heteroatoms. The van der Waals surface area contributed by atoms with E-state index in [1.165, 1.54) is 17.4 Å². The van der Waals surface area contributed by atoms with E-state index in [2.05, 4.69) is 0 Å². The third kappa shape index (κ3) is 1.57. The van der Waals surface area contributed by atoms with Crippen LogP contribution in [0.15, 0.2) is 16.9 Å². The Balaban J connectivity index is 3.19. The van der Waals surface area contributed by atoms with Crippen LogP contribution < -0.4 is 10.2 Å². The van der Waals surface area contributed by atoms with Gasteiger partial charge in [0, 0.05) is 10.9 Å². The Bertz CT molecular complexity index is 277. The summed E-state index contributed by atoms with van der Waals surface area (Å²) in [5, 5.41) is 0.671. The number of aryl methyl sites for hydroxylation is 1. The van der Waals surface area contributed by atoms with Crippen molar-refractivity contribution < 1.29 is 4.74 Å². The number of methoxy groups -OCH3 is 1. The van der Waals surface area contributed by atoms with Crippen LogP contribution in [-0.4, -0.2) is 7.11 Å². The fourth-order valence-corrected chi connectivity index (χ4v) is 1.43. The molecule has 1 aromatic rings. The third-order valence-corrected chi connectivity index (χ3v) is 1.99.